The fraction of sp³-hybridized carbons (Fsp3) is 0.364. The molecule has 1 atom stereocenters. The van der Waals surface area contributed by atoms with Crippen molar-refractivity contribution in [2.75, 3.05) is 6.54 Å². The summed E-state index contributed by atoms with van der Waals surface area (Å²) in [5.74, 6) is -0.344. The van der Waals surface area contributed by atoms with Gasteiger partial charge in [0.05, 0.1) is 6.42 Å². The molecule has 28 heavy (non-hydrogen) atoms. The molecular formula is C22H26Cl2N2O2. The highest BCUT2D eigenvalue weighted by molar-refractivity contribution is 6.36. The summed E-state index contributed by atoms with van der Waals surface area (Å²) in [6.45, 7) is 6.43. The SMILES string of the molecule is CCCNC(=O)[C@@H](C)N(Cc1c(Cl)cccc1Cl)C(=O)Cc1cccc(C)c1. The second-order valence-corrected chi connectivity index (χ2v) is 7.67. The Morgan fingerprint density at radius 2 is 1.75 bits per heavy atom. The van der Waals surface area contributed by atoms with Gasteiger partial charge >= 0.3 is 0 Å². The number of carbonyl (C=O) groups is 2. The molecule has 150 valence electrons. The molecule has 0 aliphatic heterocycles. The molecule has 6 heteroatoms. The molecule has 2 aromatic carbocycles. The molecule has 2 amide bonds. The Kier molecular flexibility index (Phi) is 8.34. The first-order valence-electron chi connectivity index (χ1n) is 9.39. The van der Waals surface area contributed by atoms with Gasteiger partial charge < -0.3 is 10.2 Å². The summed E-state index contributed by atoms with van der Waals surface area (Å²) in [5.41, 5.74) is 2.62. The van der Waals surface area contributed by atoms with Crippen molar-refractivity contribution in [3.8, 4) is 0 Å². The Hall–Kier alpha value is -2.04. The minimum atomic E-state index is -0.642. The van der Waals surface area contributed by atoms with Crippen molar-refractivity contribution >= 4 is 35.0 Å². The summed E-state index contributed by atoms with van der Waals surface area (Å²) < 4.78 is 0. The smallest absolute Gasteiger partial charge is 0.242 e. The fourth-order valence-electron chi connectivity index (χ4n) is 2.93. The van der Waals surface area contributed by atoms with Crippen molar-refractivity contribution in [1.82, 2.24) is 10.2 Å². The van der Waals surface area contributed by atoms with Crippen molar-refractivity contribution in [3.63, 3.8) is 0 Å². The number of benzene rings is 2. The molecule has 2 aromatic rings. The Labute approximate surface area is 176 Å². The largest absolute Gasteiger partial charge is 0.354 e. The number of rotatable bonds is 8. The lowest BCUT2D eigenvalue weighted by molar-refractivity contribution is -0.140. The quantitative estimate of drug-likeness (QED) is 0.667. The Morgan fingerprint density at radius 1 is 1.11 bits per heavy atom. The molecule has 0 heterocycles. The van der Waals surface area contributed by atoms with Crippen LogP contribution in [-0.2, 0) is 22.6 Å². The van der Waals surface area contributed by atoms with Gasteiger partial charge in [-0.15, -0.1) is 0 Å². The van der Waals surface area contributed by atoms with Crippen molar-refractivity contribution in [2.45, 2.75) is 46.2 Å². The van der Waals surface area contributed by atoms with Crippen LogP contribution in [0.15, 0.2) is 42.5 Å². The molecule has 0 fully saturated rings. The van der Waals surface area contributed by atoms with Crippen molar-refractivity contribution in [1.29, 1.82) is 0 Å². The van der Waals surface area contributed by atoms with Crippen LogP contribution in [-0.4, -0.2) is 29.3 Å². The van der Waals surface area contributed by atoms with Crippen molar-refractivity contribution in [3.05, 3.63) is 69.2 Å². The van der Waals surface area contributed by atoms with E-state index in [4.69, 9.17) is 23.2 Å². The lowest BCUT2D eigenvalue weighted by atomic mass is 10.1. The van der Waals surface area contributed by atoms with E-state index in [9.17, 15) is 9.59 Å². The van der Waals surface area contributed by atoms with Crippen molar-refractivity contribution < 1.29 is 9.59 Å². The number of halogens is 2. The van der Waals surface area contributed by atoms with Crippen LogP contribution in [0.4, 0.5) is 0 Å². The maximum atomic E-state index is 13.1. The van der Waals surface area contributed by atoms with E-state index in [0.29, 0.717) is 22.2 Å². The summed E-state index contributed by atoms with van der Waals surface area (Å²) in [7, 11) is 0. The summed E-state index contributed by atoms with van der Waals surface area (Å²) in [5, 5.41) is 3.80. The molecular weight excluding hydrogens is 395 g/mol. The molecule has 2 rings (SSSR count). The Bertz CT molecular complexity index is 819. The van der Waals surface area contributed by atoms with Gasteiger partial charge in [-0.05, 0) is 38.0 Å². The first kappa shape index (κ1) is 22.3. The van der Waals surface area contributed by atoms with Crippen LogP contribution >= 0.6 is 23.2 Å². The summed E-state index contributed by atoms with van der Waals surface area (Å²) in [4.78, 5) is 27.2. The van der Waals surface area contributed by atoms with Crippen LogP contribution in [0.2, 0.25) is 10.0 Å². The van der Waals surface area contributed by atoms with Crippen LogP contribution in [0.3, 0.4) is 0 Å². The van der Waals surface area contributed by atoms with Gasteiger partial charge in [0.2, 0.25) is 11.8 Å². The predicted molar refractivity (Wildman–Crippen MR) is 115 cm³/mol. The third kappa shape index (κ3) is 5.98. The second kappa shape index (κ2) is 10.5. The number of carbonyl (C=O) groups excluding carboxylic acids is 2. The molecule has 0 spiro atoms. The predicted octanol–water partition coefficient (Wildman–Crippen LogP) is 4.79. The van der Waals surface area contributed by atoms with E-state index in [0.717, 1.165) is 17.5 Å². The van der Waals surface area contributed by atoms with E-state index in [1.807, 2.05) is 38.1 Å². The molecule has 0 saturated carbocycles. The van der Waals surface area contributed by atoms with Gasteiger partial charge in [0, 0.05) is 28.7 Å². The van der Waals surface area contributed by atoms with Gasteiger partial charge in [-0.25, -0.2) is 0 Å². The molecule has 0 aliphatic rings. The first-order chi connectivity index (χ1) is 13.3. The average molecular weight is 421 g/mol. The number of nitrogens with one attached hydrogen (secondary N) is 1. The van der Waals surface area contributed by atoms with Crippen molar-refractivity contribution in [2.24, 2.45) is 0 Å². The van der Waals surface area contributed by atoms with E-state index < -0.39 is 6.04 Å². The third-order valence-corrected chi connectivity index (χ3v) is 5.25. The highest BCUT2D eigenvalue weighted by Gasteiger charge is 2.27. The third-order valence-electron chi connectivity index (χ3n) is 4.54. The van der Waals surface area contributed by atoms with E-state index in [2.05, 4.69) is 5.32 Å². The van der Waals surface area contributed by atoms with Gasteiger partial charge in [0.15, 0.2) is 0 Å². The number of hydrogen-bond donors (Lipinski definition) is 1. The molecule has 4 nitrogen and oxygen atoms in total. The van der Waals surface area contributed by atoms with Crippen LogP contribution in [0.5, 0.6) is 0 Å². The zero-order valence-electron chi connectivity index (χ0n) is 16.5. The molecule has 0 saturated heterocycles. The summed E-state index contributed by atoms with van der Waals surface area (Å²) in [6.07, 6.45) is 1.03. The zero-order valence-corrected chi connectivity index (χ0v) is 18.0. The molecule has 0 aliphatic carbocycles. The van der Waals surface area contributed by atoms with Gasteiger partial charge in [0.1, 0.15) is 6.04 Å². The Balaban J connectivity index is 2.29. The number of hydrogen-bond acceptors (Lipinski definition) is 2. The zero-order chi connectivity index (χ0) is 20.7. The maximum absolute atomic E-state index is 13.1. The summed E-state index contributed by atoms with van der Waals surface area (Å²) >= 11 is 12.6. The minimum absolute atomic E-state index is 0.152. The van der Waals surface area contributed by atoms with Crippen LogP contribution < -0.4 is 5.32 Å². The van der Waals surface area contributed by atoms with Crippen LogP contribution in [0.25, 0.3) is 0 Å². The molecule has 0 bridgehead atoms. The van der Waals surface area contributed by atoms with Crippen LogP contribution in [0.1, 0.15) is 37.0 Å². The van der Waals surface area contributed by atoms with Gasteiger partial charge in [-0.3, -0.25) is 9.59 Å². The number of amides is 2. The summed E-state index contributed by atoms with van der Waals surface area (Å²) in [6, 6.07) is 12.4. The second-order valence-electron chi connectivity index (χ2n) is 6.85. The highest BCUT2D eigenvalue weighted by atomic mass is 35.5. The normalized spacial score (nSPS) is 11.8. The standard InChI is InChI=1S/C22H26Cl2N2O2/c1-4-11-25-22(28)16(3)26(14-18-19(23)9-6-10-20(18)24)21(27)13-17-8-5-7-15(2)12-17/h5-10,12,16H,4,11,13-14H2,1-3H3,(H,25,28)/t16-/m1/s1. The average Bonchev–Trinajstić information content (AvgIpc) is 2.65. The van der Waals surface area contributed by atoms with E-state index >= 15 is 0 Å². The van der Waals surface area contributed by atoms with Gasteiger partial charge in [0.25, 0.3) is 0 Å². The monoisotopic (exact) mass is 420 g/mol. The highest BCUT2D eigenvalue weighted by Crippen LogP contribution is 2.27. The van der Waals surface area contributed by atoms with Crippen LogP contribution in [0, 0.1) is 6.92 Å². The van der Waals surface area contributed by atoms with E-state index in [-0.39, 0.29) is 24.8 Å². The minimum Gasteiger partial charge on any atom is -0.354 e. The number of nitrogens with zero attached hydrogens (tertiary/aromatic N) is 1. The van der Waals surface area contributed by atoms with Gasteiger partial charge in [-0.2, -0.15) is 0 Å². The molecule has 0 unspecified atom stereocenters. The van der Waals surface area contributed by atoms with Gasteiger partial charge in [-0.1, -0.05) is 66.0 Å². The topological polar surface area (TPSA) is 49.4 Å². The number of aryl methyl sites for hydroxylation is 1. The lowest BCUT2D eigenvalue weighted by Crippen LogP contribution is -2.48. The Morgan fingerprint density at radius 3 is 2.36 bits per heavy atom. The molecule has 1 N–H and O–H groups in total. The molecule has 0 radical (unpaired) electrons. The fourth-order valence-corrected chi connectivity index (χ4v) is 3.45. The van der Waals surface area contributed by atoms with E-state index in [1.54, 1.807) is 30.0 Å². The lowest BCUT2D eigenvalue weighted by Gasteiger charge is -2.29. The van der Waals surface area contributed by atoms with E-state index in [1.165, 1.54) is 0 Å². The maximum Gasteiger partial charge on any atom is 0.242 e. The first-order valence-corrected chi connectivity index (χ1v) is 10.1. The molecule has 0 aromatic heterocycles.